The molecule has 112 valence electrons. The minimum atomic E-state index is 0.375. The molecule has 0 spiro atoms. The van der Waals surface area contributed by atoms with Crippen molar-refractivity contribution < 1.29 is 4.52 Å². The molecular formula is C16H22N4O. The van der Waals surface area contributed by atoms with Gasteiger partial charge in [-0.2, -0.15) is 0 Å². The number of nitrogen functional groups attached to an aromatic ring is 1. The molecule has 0 bridgehead atoms. The van der Waals surface area contributed by atoms with Gasteiger partial charge in [-0.25, -0.2) is 0 Å². The van der Waals surface area contributed by atoms with Crippen molar-refractivity contribution in [3.05, 3.63) is 36.0 Å². The number of nitrogens with zero attached hydrogens (tertiary/aromatic N) is 3. The summed E-state index contributed by atoms with van der Waals surface area (Å²) in [5.74, 6) is 0.375. The number of benzene rings is 1. The molecule has 1 aliphatic rings. The summed E-state index contributed by atoms with van der Waals surface area (Å²) < 4.78 is 4.90. The van der Waals surface area contributed by atoms with Crippen molar-refractivity contribution in [3.63, 3.8) is 0 Å². The van der Waals surface area contributed by atoms with E-state index in [1.165, 1.54) is 31.7 Å². The standard InChI is InChI=1S/C16H22N4O/c1-19-8-10-20(11-9-19)7-6-13-2-4-14(5-3-13)15-12-18-21-16(15)17/h2-5,12H,6-11,17H2,1H3. The van der Waals surface area contributed by atoms with Gasteiger partial charge < -0.3 is 20.1 Å². The predicted molar refractivity (Wildman–Crippen MR) is 84.0 cm³/mol. The van der Waals surface area contributed by atoms with Gasteiger partial charge >= 0.3 is 0 Å². The van der Waals surface area contributed by atoms with Crippen molar-refractivity contribution in [3.8, 4) is 11.1 Å². The van der Waals surface area contributed by atoms with Crippen LogP contribution in [0.25, 0.3) is 11.1 Å². The van der Waals surface area contributed by atoms with Crippen molar-refractivity contribution in [2.24, 2.45) is 0 Å². The van der Waals surface area contributed by atoms with E-state index in [2.05, 4.69) is 46.3 Å². The average molecular weight is 286 g/mol. The normalized spacial score (nSPS) is 17.2. The highest BCUT2D eigenvalue weighted by atomic mass is 16.5. The molecule has 1 aromatic heterocycles. The molecule has 2 heterocycles. The van der Waals surface area contributed by atoms with Crippen molar-refractivity contribution >= 4 is 5.88 Å². The Labute approximate surface area is 125 Å². The third-order valence-corrected chi connectivity index (χ3v) is 4.18. The van der Waals surface area contributed by atoms with E-state index in [1.807, 2.05) is 0 Å². The van der Waals surface area contributed by atoms with Crippen molar-refractivity contribution in [1.29, 1.82) is 0 Å². The zero-order valence-electron chi connectivity index (χ0n) is 12.5. The largest absolute Gasteiger partial charge is 0.367 e. The molecule has 2 aromatic rings. The van der Waals surface area contributed by atoms with Crippen LogP contribution in [0, 0.1) is 0 Å². The van der Waals surface area contributed by atoms with E-state index in [0.717, 1.165) is 24.1 Å². The molecule has 0 atom stereocenters. The third kappa shape index (κ3) is 3.43. The van der Waals surface area contributed by atoms with E-state index in [0.29, 0.717) is 5.88 Å². The maximum Gasteiger partial charge on any atom is 0.229 e. The Morgan fingerprint density at radius 3 is 2.48 bits per heavy atom. The molecule has 1 aromatic carbocycles. The van der Waals surface area contributed by atoms with E-state index in [9.17, 15) is 0 Å². The summed E-state index contributed by atoms with van der Waals surface area (Å²) in [5, 5.41) is 3.71. The van der Waals surface area contributed by atoms with Gasteiger partial charge in [0.05, 0.1) is 11.8 Å². The van der Waals surface area contributed by atoms with E-state index < -0.39 is 0 Å². The number of hydrogen-bond acceptors (Lipinski definition) is 5. The smallest absolute Gasteiger partial charge is 0.229 e. The van der Waals surface area contributed by atoms with Gasteiger partial charge in [-0.3, -0.25) is 0 Å². The number of nitrogens with two attached hydrogens (primary N) is 1. The predicted octanol–water partition coefficient (Wildman–Crippen LogP) is 1.71. The summed E-state index contributed by atoms with van der Waals surface area (Å²) in [5.41, 5.74) is 9.01. The number of rotatable bonds is 4. The summed E-state index contributed by atoms with van der Waals surface area (Å²) in [6, 6.07) is 8.50. The molecule has 0 amide bonds. The summed E-state index contributed by atoms with van der Waals surface area (Å²) in [7, 11) is 2.19. The molecule has 3 rings (SSSR count). The molecule has 1 saturated heterocycles. The van der Waals surface area contributed by atoms with Crippen LogP contribution in [-0.2, 0) is 6.42 Å². The van der Waals surface area contributed by atoms with E-state index in [4.69, 9.17) is 10.3 Å². The second kappa shape index (κ2) is 6.28. The summed E-state index contributed by atoms with van der Waals surface area (Å²) in [6.07, 6.45) is 2.75. The fraction of sp³-hybridized carbons (Fsp3) is 0.438. The van der Waals surface area contributed by atoms with Crippen LogP contribution < -0.4 is 5.73 Å². The molecule has 21 heavy (non-hydrogen) atoms. The monoisotopic (exact) mass is 286 g/mol. The number of hydrogen-bond donors (Lipinski definition) is 1. The van der Waals surface area contributed by atoms with Gasteiger partial charge in [0.1, 0.15) is 0 Å². The van der Waals surface area contributed by atoms with E-state index in [1.54, 1.807) is 6.20 Å². The zero-order valence-corrected chi connectivity index (χ0v) is 12.5. The summed E-state index contributed by atoms with van der Waals surface area (Å²) in [4.78, 5) is 4.92. The van der Waals surface area contributed by atoms with Crippen molar-refractivity contribution in [2.45, 2.75) is 6.42 Å². The number of aromatic nitrogens is 1. The van der Waals surface area contributed by atoms with Crippen LogP contribution in [-0.4, -0.2) is 54.7 Å². The van der Waals surface area contributed by atoms with E-state index >= 15 is 0 Å². The molecule has 1 fully saturated rings. The van der Waals surface area contributed by atoms with Crippen LogP contribution in [0.4, 0.5) is 5.88 Å². The third-order valence-electron chi connectivity index (χ3n) is 4.18. The Balaban J connectivity index is 1.56. The van der Waals surface area contributed by atoms with Crippen molar-refractivity contribution in [2.75, 3.05) is 45.5 Å². The van der Waals surface area contributed by atoms with Gasteiger partial charge in [-0.05, 0) is 24.6 Å². The lowest BCUT2D eigenvalue weighted by Crippen LogP contribution is -2.45. The molecule has 0 saturated carbocycles. The van der Waals surface area contributed by atoms with Crippen LogP contribution in [0.2, 0.25) is 0 Å². The quantitative estimate of drug-likeness (QED) is 0.927. The minimum Gasteiger partial charge on any atom is -0.367 e. The maximum absolute atomic E-state index is 5.74. The number of piperazine rings is 1. The van der Waals surface area contributed by atoms with Gasteiger partial charge in [0.15, 0.2) is 0 Å². The lowest BCUT2D eigenvalue weighted by Gasteiger charge is -2.32. The Hall–Kier alpha value is -1.85. The molecule has 5 heteroatoms. The molecule has 0 radical (unpaired) electrons. The van der Waals surface area contributed by atoms with Crippen LogP contribution in [0.3, 0.4) is 0 Å². The topological polar surface area (TPSA) is 58.5 Å². The summed E-state index contributed by atoms with van der Waals surface area (Å²) in [6.45, 7) is 5.82. The Morgan fingerprint density at radius 1 is 1.14 bits per heavy atom. The summed E-state index contributed by atoms with van der Waals surface area (Å²) >= 11 is 0. The fourth-order valence-corrected chi connectivity index (χ4v) is 2.68. The highest BCUT2D eigenvalue weighted by Gasteiger charge is 2.13. The molecule has 0 unspecified atom stereocenters. The van der Waals surface area contributed by atoms with Gasteiger partial charge in [-0.1, -0.05) is 29.4 Å². The van der Waals surface area contributed by atoms with E-state index in [-0.39, 0.29) is 0 Å². The first-order valence-corrected chi connectivity index (χ1v) is 7.43. The SMILES string of the molecule is CN1CCN(CCc2ccc(-c3cnoc3N)cc2)CC1. The fourth-order valence-electron chi connectivity index (χ4n) is 2.68. The molecule has 5 nitrogen and oxygen atoms in total. The maximum atomic E-state index is 5.74. The molecule has 1 aliphatic heterocycles. The van der Waals surface area contributed by atoms with Crippen LogP contribution in [0.5, 0.6) is 0 Å². The molecular weight excluding hydrogens is 264 g/mol. The molecule has 0 aliphatic carbocycles. The zero-order chi connectivity index (χ0) is 14.7. The average Bonchev–Trinajstić information content (AvgIpc) is 2.93. The van der Waals surface area contributed by atoms with Gasteiger partial charge in [0.2, 0.25) is 5.88 Å². The van der Waals surface area contributed by atoms with Crippen molar-refractivity contribution in [1.82, 2.24) is 15.0 Å². The van der Waals surface area contributed by atoms with Gasteiger partial charge in [0, 0.05) is 32.7 Å². The first kappa shape index (κ1) is 14.1. The lowest BCUT2D eigenvalue weighted by molar-refractivity contribution is 0.155. The van der Waals surface area contributed by atoms with Crippen LogP contribution in [0.1, 0.15) is 5.56 Å². The van der Waals surface area contributed by atoms with Gasteiger partial charge in [-0.15, -0.1) is 0 Å². The second-order valence-electron chi connectivity index (χ2n) is 5.70. The lowest BCUT2D eigenvalue weighted by atomic mass is 10.0. The Morgan fingerprint density at radius 2 is 1.86 bits per heavy atom. The number of likely N-dealkylation sites (N-methyl/N-ethyl adjacent to an activating group) is 1. The first-order valence-electron chi connectivity index (χ1n) is 7.43. The Bertz CT molecular complexity index is 570. The molecule has 2 N–H and O–H groups in total. The van der Waals surface area contributed by atoms with Crippen LogP contribution in [0.15, 0.2) is 35.0 Å². The minimum absolute atomic E-state index is 0.375. The highest BCUT2D eigenvalue weighted by Crippen LogP contribution is 2.25. The Kier molecular flexibility index (Phi) is 4.22. The van der Waals surface area contributed by atoms with Gasteiger partial charge in [0.25, 0.3) is 0 Å². The highest BCUT2D eigenvalue weighted by molar-refractivity contribution is 5.71. The second-order valence-corrected chi connectivity index (χ2v) is 5.70. The number of anilines is 1. The first-order chi connectivity index (χ1) is 10.2. The van der Waals surface area contributed by atoms with Crippen LogP contribution >= 0.6 is 0 Å².